The maximum Gasteiger partial charge on any atom is 0.217 e. The Morgan fingerprint density at radius 2 is 2.25 bits per heavy atom. The number of nitrogens with zero attached hydrogens (tertiary/aromatic N) is 2. The van der Waals surface area contributed by atoms with Gasteiger partial charge in [0.15, 0.2) is 5.16 Å². The molecule has 66 valence electrons. The van der Waals surface area contributed by atoms with E-state index in [2.05, 4.69) is 16.9 Å². The molecule has 0 amide bonds. The van der Waals surface area contributed by atoms with E-state index in [1.165, 1.54) is 11.8 Å². The summed E-state index contributed by atoms with van der Waals surface area (Å²) in [4.78, 5) is 8.44. The van der Waals surface area contributed by atoms with Gasteiger partial charge in [0.05, 0.1) is 7.11 Å². The van der Waals surface area contributed by atoms with Crippen molar-refractivity contribution in [1.29, 1.82) is 0 Å². The summed E-state index contributed by atoms with van der Waals surface area (Å²) < 4.78 is 5.03. The monoisotopic (exact) mass is 184 g/mol. The standard InChI is InChI=1S/C8H12N2OS/c1-4-6-5-7(11-2)10-8(9-6)12-3/h5H,4H2,1-3H3. The first-order valence-corrected chi connectivity index (χ1v) is 4.98. The minimum absolute atomic E-state index is 0.645. The minimum atomic E-state index is 0.645. The Morgan fingerprint density at radius 1 is 1.50 bits per heavy atom. The molecule has 0 saturated carbocycles. The molecule has 12 heavy (non-hydrogen) atoms. The molecule has 0 N–H and O–H groups in total. The molecule has 0 bridgehead atoms. The quantitative estimate of drug-likeness (QED) is 0.529. The van der Waals surface area contributed by atoms with Crippen molar-refractivity contribution in [1.82, 2.24) is 9.97 Å². The fraction of sp³-hybridized carbons (Fsp3) is 0.500. The molecule has 1 aromatic rings. The van der Waals surface area contributed by atoms with E-state index in [1.807, 2.05) is 12.3 Å². The number of rotatable bonds is 3. The molecule has 0 atom stereocenters. The second kappa shape index (κ2) is 4.30. The van der Waals surface area contributed by atoms with Gasteiger partial charge in [-0.2, -0.15) is 4.98 Å². The fourth-order valence-corrected chi connectivity index (χ4v) is 1.22. The Balaban J connectivity index is 3.01. The molecular formula is C8H12N2OS. The summed E-state index contributed by atoms with van der Waals surface area (Å²) >= 11 is 1.53. The zero-order valence-corrected chi connectivity index (χ0v) is 8.31. The van der Waals surface area contributed by atoms with Crippen molar-refractivity contribution in [3.63, 3.8) is 0 Å². The van der Waals surface area contributed by atoms with E-state index in [0.29, 0.717) is 5.88 Å². The first-order valence-electron chi connectivity index (χ1n) is 3.76. The normalized spacial score (nSPS) is 9.92. The average Bonchev–Trinajstić information content (AvgIpc) is 2.16. The van der Waals surface area contributed by atoms with Gasteiger partial charge < -0.3 is 4.74 Å². The molecular weight excluding hydrogens is 172 g/mol. The van der Waals surface area contributed by atoms with Crippen molar-refractivity contribution in [3.8, 4) is 5.88 Å². The molecule has 0 aliphatic carbocycles. The summed E-state index contributed by atoms with van der Waals surface area (Å²) in [7, 11) is 1.62. The third-order valence-corrected chi connectivity index (χ3v) is 2.04. The van der Waals surface area contributed by atoms with E-state index in [4.69, 9.17) is 4.74 Å². The van der Waals surface area contributed by atoms with Gasteiger partial charge in [-0.25, -0.2) is 4.98 Å². The lowest BCUT2D eigenvalue weighted by Gasteiger charge is -2.03. The van der Waals surface area contributed by atoms with Crippen LogP contribution >= 0.6 is 11.8 Å². The van der Waals surface area contributed by atoms with Crippen molar-refractivity contribution >= 4 is 11.8 Å². The zero-order chi connectivity index (χ0) is 8.97. The highest BCUT2D eigenvalue weighted by Gasteiger charge is 2.01. The van der Waals surface area contributed by atoms with Crippen LogP contribution in [-0.2, 0) is 6.42 Å². The van der Waals surface area contributed by atoms with E-state index in [0.717, 1.165) is 17.3 Å². The Kier molecular flexibility index (Phi) is 3.34. The van der Waals surface area contributed by atoms with Crippen molar-refractivity contribution in [2.75, 3.05) is 13.4 Å². The van der Waals surface area contributed by atoms with Gasteiger partial charge in [0, 0.05) is 11.8 Å². The van der Waals surface area contributed by atoms with Crippen LogP contribution in [0.15, 0.2) is 11.2 Å². The molecule has 1 heterocycles. The number of aromatic nitrogens is 2. The van der Waals surface area contributed by atoms with Crippen molar-refractivity contribution in [2.45, 2.75) is 18.5 Å². The van der Waals surface area contributed by atoms with E-state index < -0.39 is 0 Å². The summed E-state index contributed by atoms with van der Waals surface area (Å²) in [5.74, 6) is 0.645. The van der Waals surface area contributed by atoms with E-state index >= 15 is 0 Å². The number of hydrogen-bond acceptors (Lipinski definition) is 4. The summed E-state index contributed by atoms with van der Waals surface area (Å²) in [6.45, 7) is 2.06. The molecule has 0 aliphatic rings. The number of thioether (sulfide) groups is 1. The molecule has 1 aromatic heterocycles. The highest BCUT2D eigenvalue weighted by molar-refractivity contribution is 7.98. The number of aryl methyl sites for hydroxylation is 1. The predicted molar refractivity (Wildman–Crippen MR) is 49.7 cm³/mol. The van der Waals surface area contributed by atoms with Gasteiger partial charge in [-0.15, -0.1) is 0 Å². The number of methoxy groups -OCH3 is 1. The first kappa shape index (κ1) is 9.32. The van der Waals surface area contributed by atoms with Crippen LogP contribution in [0, 0.1) is 0 Å². The second-order valence-electron chi connectivity index (χ2n) is 2.24. The van der Waals surface area contributed by atoms with Gasteiger partial charge in [-0.05, 0) is 12.7 Å². The largest absolute Gasteiger partial charge is 0.481 e. The van der Waals surface area contributed by atoms with Crippen LogP contribution in [0.2, 0.25) is 0 Å². The van der Waals surface area contributed by atoms with Crippen LogP contribution in [0.3, 0.4) is 0 Å². The molecule has 3 nitrogen and oxygen atoms in total. The number of hydrogen-bond donors (Lipinski definition) is 0. The van der Waals surface area contributed by atoms with Crippen LogP contribution in [0.25, 0.3) is 0 Å². The topological polar surface area (TPSA) is 35.0 Å². The number of ether oxygens (including phenoxy) is 1. The molecule has 0 aliphatic heterocycles. The molecule has 1 rings (SSSR count). The Hall–Kier alpha value is -0.770. The summed E-state index contributed by atoms with van der Waals surface area (Å²) in [5.41, 5.74) is 1.02. The Morgan fingerprint density at radius 3 is 2.75 bits per heavy atom. The van der Waals surface area contributed by atoms with E-state index in [-0.39, 0.29) is 0 Å². The van der Waals surface area contributed by atoms with Crippen molar-refractivity contribution in [2.24, 2.45) is 0 Å². The van der Waals surface area contributed by atoms with Crippen LogP contribution in [0.4, 0.5) is 0 Å². The molecule has 4 heteroatoms. The molecule has 0 spiro atoms. The highest BCUT2D eigenvalue weighted by Crippen LogP contribution is 2.15. The molecule has 0 saturated heterocycles. The molecule has 0 radical (unpaired) electrons. The SMILES string of the molecule is CCc1cc(OC)nc(SC)n1. The molecule has 0 unspecified atom stereocenters. The third kappa shape index (κ3) is 2.11. The van der Waals surface area contributed by atoms with Gasteiger partial charge in [0.2, 0.25) is 5.88 Å². The lowest BCUT2D eigenvalue weighted by atomic mass is 10.3. The highest BCUT2D eigenvalue weighted by atomic mass is 32.2. The summed E-state index contributed by atoms with van der Waals surface area (Å²) in [6, 6.07) is 1.86. The molecule has 0 aromatic carbocycles. The Labute approximate surface area is 76.6 Å². The second-order valence-corrected chi connectivity index (χ2v) is 3.02. The van der Waals surface area contributed by atoms with E-state index in [9.17, 15) is 0 Å². The lowest BCUT2D eigenvalue weighted by Crippen LogP contribution is -1.96. The third-order valence-electron chi connectivity index (χ3n) is 1.49. The zero-order valence-electron chi connectivity index (χ0n) is 7.50. The maximum atomic E-state index is 5.03. The van der Waals surface area contributed by atoms with Crippen molar-refractivity contribution in [3.05, 3.63) is 11.8 Å². The molecule has 0 fully saturated rings. The Bertz CT molecular complexity index is 210. The summed E-state index contributed by atoms with van der Waals surface area (Å²) in [6.07, 6.45) is 2.86. The minimum Gasteiger partial charge on any atom is -0.481 e. The maximum absolute atomic E-state index is 5.03. The fourth-order valence-electron chi connectivity index (χ4n) is 0.826. The van der Waals surface area contributed by atoms with Crippen LogP contribution < -0.4 is 4.74 Å². The van der Waals surface area contributed by atoms with Gasteiger partial charge in [-0.3, -0.25) is 0 Å². The predicted octanol–water partition coefficient (Wildman–Crippen LogP) is 1.77. The average molecular weight is 184 g/mol. The van der Waals surface area contributed by atoms with Gasteiger partial charge in [-0.1, -0.05) is 18.7 Å². The smallest absolute Gasteiger partial charge is 0.217 e. The van der Waals surface area contributed by atoms with E-state index in [1.54, 1.807) is 7.11 Å². The van der Waals surface area contributed by atoms with Crippen molar-refractivity contribution < 1.29 is 4.74 Å². The van der Waals surface area contributed by atoms with Crippen LogP contribution in [0.5, 0.6) is 5.88 Å². The van der Waals surface area contributed by atoms with Gasteiger partial charge in [0.25, 0.3) is 0 Å². The van der Waals surface area contributed by atoms with Crippen LogP contribution in [0.1, 0.15) is 12.6 Å². The van der Waals surface area contributed by atoms with Gasteiger partial charge in [0.1, 0.15) is 0 Å². The first-order chi connectivity index (χ1) is 5.80. The summed E-state index contributed by atoms with van der Waals surface area (Å²) in [5, 5.41) is 0.770. The van der Waals surface area contributed by atoms with Gasteiger partial charge >= 0.3 is 0 Å². The lowest BCUT2D eigenvalue weighted by molar-refractivity contribution is 0.391. The van der Waals surface area contributed by atoms with Crippen LogP contribution in [-0.4, -0.2) is 23.3 Å².